The van der Waals surface area contributed by atoms with E-state index in [4.69, 9.17) is 0 Å². The van der Waals surface area contributed by atoms with Gasteiger partial charge < -0.3 is 4.90 Å². The van der Waals surface area contributed by atoms with Crippen LogP contribution in [0.25, 0.3) is 0 Å². The highest BCUT2D eigenvalue weighted by molar-refractivity contribution is 6.21. The van der Waals surface area contributed by atoms with E-state index in [-0.39, 0.29) is 36.7 Å². The van der Waals surface area contributed by atoms with Gasteiger partial charge in [0.15, 0.2) is 0 Å². The molecular weight excluding hydrogens is 280 g/mol. The molecule has 1 aromatic rings. The Kier molecular flexibility index (Phi) is 3.96. The molecule has 2 aliphatic heterocycles. The summed E-state index contributed by atoms with van der Waals surface area (Å²) in [7, 11) is 0. The number of fused-ring (bicyclic) bond motifs is 1. The average molecular weight is 300 g/mol. The molecule has 2 heterocycles. The standard InChI is InChI=1S/C17H20N2O3/c1-12-6-4-5-10-18(12)15(20)9-11-19-16(21)13-7-2-3-8-14(13)17(19)22/h2-3,7-8,12H,4-6,9-11H2,1H3/t12-/m1/s1. The van der Waals surface area contributed by atoms with Crippen LogP contribution in [0, 0.1) is 0 Å². The Morgan fingerprint density at radius 3 is 2.36 bits per heavy atom. The van der Waals surface area contributed by atoms with Gasteiger partial charge in [0, 0.05) is 25.6 Å². The van der Waals surface area contributed by atoms with E-state index in [0.717, 1.165) is 25.8 Å². The molecule has 0 spiro atoms. The number of imide groups is 1. The molecule has 0 saturated carbocycles. The van der Waals surface area contributed by atoms with E-state index < -0.39 is 0 Å². The van der Waals surface area contributed by atoms with Gasteiger partial charge in [0.05, 0.1) is 11.1 Å². The summed E-state index contributed by atoms with van der Waals surface area (Å²) in [6.07, 6.45) is 3.42. The number of hydrogen-bond acceptors (Lipinski definition) is 3. The summed E-state index contributed by atoms with van der Waals surface area (Å²) in [5, 5.41) is 0. The molecule has 2 aliphatic rings. The lowest BCUT2D eigenvalue weighted by molar-refractivity contribution is -0.134. The molecule has 0 aliphatic carbocycles. The Morgan fingerprint density at radius 1 is 1.14 bits per heavy atom. The minimum absolute atomic E-state index is 0.0313. The molecule has 3 rings (SSSR count). The first-order valence-electron chi connectivity index (χ1n) is 7.84. The summed E-state index contributed by atoms with van der Waals surface area (Å²) in [4.78, 5) is 39.9. The van der Waals surface area contributed by atoms with Crippen LogP contribution in [-0.2, 0) is 4.79 Å². The normalized spacial score (nSPS) is 21.2. The zero-order valence-electron chi connectivity index (χ0n) is 12.7. The number of piperidine rings is 1. The smallest absolute Gasteiger partial charge is 0.261 e. The van der Waals surface area contributed by atoms with Crippen LogP contribution in [0.5, 0.6) is 0 Å². The van der Waals surface area contributed by atoms with E-state index in [2.05, 4.69) is 6.92 Å². The summed E-state index contributed by atoms with van der Waals surface area (Å²) in [5.74, 6) is -0.552. The fraction of sp³-hybridized carbons (Fsp3) is 0.471. The molecule has 3 amide bonds. The molecule has 22 heavy (non-hydrogen) atoms. The van der Waals surface area contributed by atoms with Crippen molar-refractivity contribution < 1.29 is 14.4 Å². The zero-order valence-corrected chi connectivity index (χ0v) is 12.7. The Morgan fingerprint density at radius 2 is 1.77 bits per heavy atom. The van der Waals surface area contributed by atoms with Gasteiger partial charge in [0.2, 0.25) is 5.91 Å². The highest BCUT2D eigenvalue weighted by atomic mass is 16.2. The number of hydrogen-bond donors (Lipinski definition) is 0. The fourth-order valence-corrected chi connectivity index (χ4v) is 3.26. The third-order valence-electron chi connectivity index (χ3n) is 4.55. The Balaban J connectivity index is 1.64. The van der Waals surface area contributed by atoms with Crippen molar-refractivity contribution in [2.45, 2.75) is 38.6 Å². The SMILES string of the molecule is C[C@@H]1CCCCN1C(=O)CCN1C(=O)c2ccccc2C1=O. The molecule has 5 nitrogen and oxygen atoms in total. The monoisotopic (exact) mass is 300 g/mol. The Labute approximate surface area is 129 Å². The number of carbonyl (C=O) groups excluding carboxylic acids is 3. The second-order valence-corrected chi connectivity index (χ2v) is 5.99. The van der Waals surface area contributed by atoms with Crippen molar-refractivity contribution >= 4 is 17.7 Å². The van der Waals surface area contributed by atoms with Crippen molar-refractivity contribution in [3.05, 3.63) is 35.4 Å². The molecule has 0 bridgehead atoms. The van der Waals surface area contributed by atoms with Crippen LogP contribution in [-0.4, -0.2) is 46.7 Å². The third-order valence-corrected chi connectivity index (χ3v) is 4.55. The summed E-state index contributed by atoms with van der Waals surface area (Å²) < 4.78 is 0. The number of likely N-dealkylation sites (tertiary alicyclic amines) is 1. The molecule has 0 radical (unpaired) electrons. The minimum Gasteiger partial charge on any atom is -0.340 e. The van der Waals surface area contributed by atoms with Gasteiger partial charge in [0.1, 0.15) is 0 Å². The highest BCUT2D eigenvalue weighted by Gasteiger charge is 2.35. The van der Waals surface area contributed by atoms with Crippen LogP contribution in [0.2, 0.25) is 0 Å². The second kappa shape index (κ2) is 5.91. The maximum Gasteiger partial charge on any atom is 0.261 e. The van der Waals surface area contributed by atoms with Crippen LogP contribution in [0.4, 0.5) is 0 Å². The fourth-order valence-electron chi connectivity index (χ4n) is 3.26. The maximum absolute atomic E-state index is 12.3. The third kappa shape index (κ3) is 2.51. The molecular formula is C17H20N2O3. The van der Waals surface area contributed by atoms with Gasteiger partial charge in [-0.15, -0.1) is 0 Å². The van der Waals surface area contributed by atoms with Crippen molar-refractivity contribution in [3.63, 3.8) is 0 Å². The number of carbonyl (C=O) groups is 3. The summed E-state index contributed by atoms with van der Waals surface area (Å²) >= 11 is 0. The van der Waals surface area contributed by atoms with Crippen LogP contribution < -0.4 is 0 Å². The Bertz CT molecular complexity index is 591. The van der Waals surface area contributed by atoms with Crippen molar-refractivity contribution in [2.24, 2.45) is 0 Å². The molecule has 1 fully saturated rings. The van der Waals surface area contributed by atoms with Gasteiger partial charge in [-0.2, -0.15) is 0 Å². The first-order valence-corrected chi connectivity index (χ1v) is 7.84. The molecule has 0 aromatic heterocycles. The van der Waals surface area contributed by atoms with Gasteiger partial charge in [-0.25, -0.2) is 0 Å². The van der Waals surface area contributed by atoms with Gasteiger partial charge in [-0.1, -0.05) is 12.1 Å². The second-order valence-electron chi connectivity index (χ2n) is 5.99. The Hall–Kier alpha value is -2.17. The predicted octanol–water partition coefficient (Wildman–Crippen LogP) is 2.07. The summed E-state index contributed by atoms with van der Waals surface area (Å²) in [5.41, 5.74) is 0.873. The number of nitrogens with zero attached hydrogens (tertiary/aromatic N) is 2. The van der Waals surface area contributed by atoms with Crippen molar-refractivity contribution in [2.75, 3.05) is 13.1 Å². The number of benzene rings is 1. The molecule has 1 saturated heterocycles. The first kappa shape index (κ1) is 14.8. The summed E-state index contributed by atoms with van der Waals surface area (Å²) in [6.45, 7) is 3.00. The van der Waals surface area contributed by atoms with Gasteiger partial charge in [-0.05, 0) is 38.3 Å². The van der Waals surface area contributed by atoms with Crippen molar-refractivity contribution in [1.29, 1.82) is 0 Å². The van der Waals surface area contributed by atoms with Crippen LogP contribution in [0.3, 0.4) is 0 Å². The van der Waals surface area contributed by atoms with Crippen molar-refractivity contribution in [3.8, 4) is 0 Å². The number of amides is 3. The van der Waals surface area contributed by atoms with Gasteiger partial charge >= 0.3 is 0 Å². The van der Waals surface area contributed by atoms with E-state index in [1.165, 1.54) is 4.90 Å². The molecule has 5 heteroatoms. The minimum atomic E-state index is -0.292. The quantitative estimate of drug-likeness (QED) is 0.803. The lowest BCUT2D eigenvalue weighted by Crippen LogP contribution is -2.43. The molecule has 0 N–H and O–H groups in total. The van der Waals surface area contributed by atoms with Crippen LogP contribution in [0.15, 0.2) is 24.3 Å². The molecule has 0 unspecified atom stereocenters. The van der Waals surface area contributed by atoms with Crippen molar-refractivity contribution in [1.82, 2.24) is 9.80 Å². The summed E-state index contributed by atoms with van der Waals surface area (Å²) in [6, 6.07) is 7.06. The van der Waals surface area contributed by atoms with E-state index in [1.54, 1.807) is 24.3 Å². The molecule has 116 valence electrons. The highest BCUT2D eigenvalue weighted by Crippen LogP contribution is 2.23. The lowest BCUT2D eigenvalue weighted by Gasteiger charge is -2.33. The predicted molar refractivity (Wildman–Crippen MR) is 81.5 cm³/mol. The van der Waals surface area contributed by atoms with E-state index >= 15 is 0 Å². The average Bonchev–Trinajstić information content (AvgIpc) is 2.77. The molecule has 1 aromatic carbocycles. The maximum atomic E-state index is 12.3. The van der Waals surface area contributed by atoms with E-state index in [0.29, 0.717) is 11.1 Å². The topological polar surface area (TPSA) is 57.7 Å². The van der Waals surface area contributed by atoms with Gasteiger partial charge in [-0.3, -0.25) is 19.3 Å². The number of rotatable bonds is 3. The first-order chi connectivity index (χ1) is 10.6. The van der Waals surface area contributed by atoms with E-state index in [1.807, 2.05) is 4.90 Å². The van der Waals surface area contributed by atoms with Crippen LogP contribution >= 0.6 is 0 Å². The van der Waals surface area contributed by atoms with Gasteiger partial charge in [0.25, 0.3) is 11.8 Å². The van der Waals surface area contributed by atoms with Crippen LogP contribution in [0.1, 0.15) is 53.3 Å². The van der Waals surface area contributed by atoms with E-state index in [9.17, 15) is 14.4 Å². The lowest BCUT2D eigenvalue weighted by atomic mass is 10.0. The molecule has 1 atom stereocenters. The largest absolute Gasteiger partial charge is 0.340 e. The zero-order chi connectivity index (χ0) is 15.7.